The van der Waals surface area contributed by atoms with Gasteiger partial charge in [0.05, 0.1) is 0 Å². The Bertz CT molecular complexity index is 462. The number of nitrogens with two attached hydrogens (primary N) is 2. The normalized spacial score (nSPS) is 25.2. The lowest BCUT2D eigenvalue weighted by atomic mass is 9.87. The molecule has 2 aliphatic rings. The molecular weight excluding hydrogens is 439 g/mol. The smallest absolute Gasteiger partial charge is 0.149 e. The average Bonchev–Trinajstić information content (AvgIpc) is 2.65. The molecule has 172 valence electrons. The lowest BCUT2D eigenvalue weighted by Gasteiger charge is -2.33. The van der Waals surface area contributed by atoms with Crippen LogP contribution in [0.1, 0.15) is 97.3 Å². The number of hydrogen-bond acceptors (Lipinski definition) is 2. The van der Waals surface area contributed by atoms with Gasteiger partial charge < -0.3 is 24.8 Å². The summed E-state index contributed by atoms with van der Waals surface area (Å²) in [6.45, 7) is 4.78. The van der Waals surface area contributed by atoms with Crippen molar-refractivity contribution in [2.24, 2.45) is 11.8 Å². The molecule has 0 saturated heterocycles. The fraction of sp³-hybridized carbons (Fsp3) is 0.913. The maximum atomic E-state index is 6.22. The van der Waals surface area contributed by atoms with Gasteiger partial charge >= 0.3 is 0 Å². The molecule has 0 aromatic heterocycles. The highest BCUT2D eigenvalue weighted by molar-refractivity contribution is 8.00. The molecule has 2 nitrogen and oxygen atoms in total. The van der Waals surface area contributed by atoms with E-state index in [1.54, 1.807) is 0 Å². The van der Waals surface area contributed by atoms with Gasteiger partial charge in [-0.2, -0.15) is 23.5 Å². The third kappa shape index (κ3) is 12.3. The molecule has 2 saturated carbocycles. The Labute approximate surface area is 201 Å². The first-order chi connectivity index (χ1) is 13.1. The van der Waals surface area contributed by atoms with Gasteiger partial charge in [-0.05, 0) is 81.1 Å². The fourth-order valence-electron chi connectivity index (χ4n) is 3.94. The summed E-state index contributed by atoms with van der Waals surface area (Å²) in [6.07, 6.45) is 16.4. The molecule has 29 heavy (non-hydrogen) atoms. The Morgan fingerprint density at radius 1 is 0.621 bits per heavy atom. The van der Waals surface area contributed by atoms with E-state index in [1.165, 1.54) is 80.7 Å². The van der Waals surface area contributed by atoms with E-state index >= 15 is 0 Å². The zero-order valence-corrected chi connectivity index (χ0v) is 21.8. The molecule has 0 heterocycles. The van der Waals surface area contributed by atoms with Crippen LogP contribution < -0.4 is 35.6 Å². The van der Waals surface area contributed by atoms with Crippen molar-refractivity contribution < 1.29 is 35.6 Å². The molecule has 0 aromatic rings. The first-order valence-electron chi connectivity index (χ1n) is 11.5. The van der Waals surface area contributed by atoms with Crippen LogP contribution in [-0.4, -0.2) is 33.4 Å². The summed E-state index contributed by atoms with van der Waals surface area (Å²) in [5, 5.41) is 14.3. The lowest BCUT2D eigenvalue weighted by Crippen LogP contribution is -3.00. The van der Waals surface area contributed by atoms with Crippen LogP contribution >= 0.6 is 23.5 Å². The first-order valence-corrected chi connectivity index (χ1v) is 13.6. The highest BCUT2D eigenvalue weighted by atomic mass is 35.5. The van der Waals surface area contributed by atoms with E-state index in [0.29, 0.717) is 0 Å². The van der Waals surface area contributed by atoms with Crippen LogP contribution in [0.3, 0.4) is 0 Å². The van der Waals surface area contributed by atoms with Crippen LogP contribution in [0.2, 0.25) is 0 Å². The predicted molar refractivity (Wildman–Crippen MR) is 125 cm³/mol. The standard InChI is InChI=1S/C23H42N2S2.2ClH/c1-18-12-14-22(18)26-16-6-5-10-20(24)8-3-4-9-21(25)11-7-17-27-23-15-13-19(23)2;;/h18-19,22-25H,3-17H2,1-2H3;2*1H. The molecule has 4 unspecified atom stereocenters. The van der Waals surface area contributed by atoms with Gasteiger partial charge in [0.2, 0.25) is 0 Å². The van der Waals surface area contributed by atoms with Crippen LogP contribution in [0.4, 0.5) is 0 Å². The van der Waals surface area contributed by atoms with E-state index < -0.39 is 0 Å². The summed E-state index contributed by atoms with van der Waals surface area (Å²) >= 11 is 4.37. The second-order valence-corrected chi connectivity index (χ2v) is 11.7. The van der Waals surface area contributed by atoms with Crippen LogP contribution in [0.5, 0.6) is 0 Å². The predicted octanol–water partition coefficient (Wildman–Crippen LogP) is -2.03. The average molecular weight is 484 g/mol. The van der Waals surface area contributed by atoms with E-state index in [2.05, 4.69) is 37.4 Å². The van der Waals surface area contributed by atoms with Crippen molar-refractivity contribution >= 4 is 34.9 Å². The van der Waals surface area contributed by atoms with E-state index in [0.717, 1.165) is 48.0 Å². The van der Waals surface area contributed by atoms with Crippen molar-refractivity contribution in [3.05, 3.63) is 0 Å². The third-order valence-corrected chi connectivity index (χ3v) is 9.83. The van der Waals surface area contributed by atoms with Crippen LogP contribution in [0.25, 0.3) is 0 Å². The summed E-state index contributed by atoms with van der Waals surface area (Å²) in [6, 6.07) is 0. The van der Waals surface area contributed by atoms with Gasteiger partial charge in [0, 0.05) is 36.2 Å². The van der Waals surface area contributed by atoms with Gasteiger partial charge in [0.1, 0.15) is 11.4 Å². The molecular formula is C23H44Cl2N2S2. The van der Waals surface area contributed by atoms with Gasteiger partial charge in [-0.15, -0.1) is 0 Å². The third-order valence-electron chi connectivity index (χ3n) is 6.53. The SMILES string of the molecule is CC1CCC1SCCCCC(=[NH2+])CCCCC(=[NH2+])CCCSC1CCC1C.[Cl-].[Cl-]. The Morgan fingerprint density at radius 3 is 1.38 bits per heavy atom. The van der Waals surface area contributed by atoms with E-state index in [9.17, 15) is 0 Å². The second-order valence-electron chi connectivity index (χ2n) is 9.01. The zero-order valence-electron chi connectivity index (χ0n) is 18.6. The molecule has 6 heteroatoms. The van der Waals surface area contributed by atoms with Crippen molar-refractivity contribution in [1.82, 2.24) is 0 Å². The first kappa shape index (κ1) is 29.6. The molecule has 0 amide bonds. The van der Waals surface area contributed by atoms with Gasteiger partial charge in [-0.25, -0.2) is 0 Å². The molecule has 2 rings (SSSR count). The molecule has 2 fully saturated rings. The van der Waals surface area contributed by atoms with E-state index in [1.807, 2.05) is 0 Å². The number of thioether (sulfide) groups is 2. The summed E-state index contributed by atoms with van der Waals surface area (Å²) in [7, 11) is 0. The molecule has 0 bridgehead atoms. The Balaban J connectivity index is 0.00000392. The maximum Gasteiger partial charge on any atom is 0.149 e. The molecule has 0 aliphatic heterocycles. The van der Waals surface area contributed by atoms with Gasteiger partial charge in [0.25, 0.3) is 0 Å². The van der Waals surface area contributed by atoms with E-state index in [-0.39, 0.29) is 24.8 Å². The molecule has 0 spiro atoms. The van der Waals surface area contributed by atoms with Crippen molar-refractivity contribution in [3.63, 3.8) is 0 Å². The Kier molecular flexibility index (Phi) is 17.6. The topological polar surface area (TPSA) is 51.2 Å². The highest BCUT2D eigenvalue weighted by Crippen LogP contribution is 2.38. The van der Waals surface area contributed by atoms with Crippen molar-refractivity contribution in [2.75, 3.05) is 11.5 Å². The summed E-state index contributed by atoms with van der Waals surface area (Å²) < 4.78 is 0. The highest BCUT2D eigenvalue weighted by Gasteiger charge is 2.27. The second kappa shape index (κ2) is 17.2. The minimum absolute atomic E-state index is 0. The van der Waals surface area contributed by atoms with Crippen LogP contribution in [-0.2, 0) is 0 Å². The van der Waals surface area contributed by atoms with Crippen molar-refractivity contribution in [1.29, 1.82) is 0 Å². The zero-order chi connectivity index (χ0) is 19.5. The number of unbranched alkanes of at least 4 members (excludes halogenated alkanes) is 2. The minimum atomic E-state index is 0. The maximum absolute atomic E-state index is 6.22. The lowest BCUT2D eigenvalue weighted by molar-refractivity contribution is -0.121. The largest absolute Gasteiger partial charge is 1.00 e. The Hall–Kier alpha value is 0.620. The van der Waals surface area contributed by atoms with Gasteiger partial charge in [0.15, 0.2) is 0 Å². The summed E-state index contributed by atoms with van der Waals surface area (Å²) in [4.78, 5) is 0. The quantitative estimate of drug-likeness (QED) is 0.197. The molecule has 2 aliphatic carbocycles. The Morgan fingerprint density at radius 2 is 1.00 bits per heavy atom. The summed E-state index contributed by atoms with van der Waals surface area (Å²) in [5.74, 6) is 4.52. The van der Waals surface area contributed by atoms with Crippen LogP contribution in [0.15, 0.2) is 0 Å². The minimum Gasteiger partial charge on any atom is -1.00 e. The number of halogens is 2. The number of rotatable bonds is 16. The number of hydrogen-bond donors (Lipinski definition) is 2. The van der Waals surface area contributed by atoms with Crippen molar-refractivity contribution in [2.45, 2.75) is 108 Å². The van der Waals surface area contributed by atoms with Crippen LogP contribution in [0, 0.1) is 11.8 Å². The molecule has 4 N–H and O–H groups in total. The monoisotopic (exact) mass is 482 g/mol. The summed E-state index contributed by atoms with van der Waals surface area (Å²) in [5.41, 5.74) is 2.42. The van der Waals surface area contributed by atoms with Gasteiger partial charge in [-0.3, -0.25) is 10.8 Å². The molecule has 0 radical (unpaired) electrons. The fourth-order valence-corrected chi connectivity index (χ4v) is 6.77. The van der Waals surface area contributed by atoms with E-state index in [4.69, 9.17) is 10.8 Å². The molecule has 4 atom stereocenters. The molecule has 0 aromatic carbocycles. The van der Waals surface area contributed by atoms with Crippen molar-refractivity contribution in [3.8, 4) is 0 Å². The van der Waals surface area contributed by atoms with Gasteiger partial charge in [-0.1, -0.05) is 13.8 Å².